The summed E-state index contributed by atoms with van der Waals surface area (Å²) in [5, 5.41) is 0.507. The molecular formula is C38H36Br4N2O4. The van der Waals surface area contributed by atoms with Crippen LogP contribution in [0.15, 0.2) is 72.2 Å². The number of nitrogens with zero attached hydrogens (tertiary/aromatic N) is 2. The Labute approximate surface area is 315 Å². The number of carbonyl (C=O) groups excluding carboxylic acids is 4. The van der Waals surface area contributed by atoms with Gasteiger partial charge in [0.1, 0.15) is 0 Å². The summed E-state index contributed by atoms with van der Waals surface area (Å²) in [6, 6.07) is 5.84. The normalized spacial score (nSPS) is 15.4. The molecule has 250 valence electrons. The van der Waals surface area contributed by atoms with E-state index in [2.05, 4.69) is 70.3 Å². The summed E-state index contributed by atoms with van der Waals surface area (Å²) in [4.78, 5) is 61.4. The van der Waals surface area contributed by atoms with Crippen LogP contribution in [0.3, 0.4) is 0 Å². The molecule has 0 spiro atoms. The summed E-state index contributed by atoms with van der Waals surface area (Å²) in [6.45, 7) is 19.9. The van der Waals surface area contributed by atoms with Crippen LogP contribution < -0.4 is 4.90 Å². The Morgan fingerprint density at radius 3 is 1.40 bits per heavy atom. The number of rotatable bonds is 8. The summed E-state index contributed by atoms with van der Waals surface area (Å²) < 4.78 is 1.29. The number of hydrogen-bond donors (Lipinski definition) is 0. The third-order valence-electron chi connectivity index (χ3n) is 8.69. The Hall–Kier alpha value is -2.66. The summed E-state index contributed by atoms with van der Waals surface area (Å²) in [5.74, 6) is -2.22. The van der Waals surface area contributed by atoms with Crippen LogP contribution in [0, 0.1) is 11.8 Å². The second-order valence-corrected chi connectivity index (χ2v) is 16.5. The zero-order chi connectivity index (χ0) is 35.7. The first-order valence-electron chi connectivity index (χ1n) is 15.8. The molecule has 0 radical (unpaired) electrons. The second kappa shape index (κ2) is 13.6. The molecule has 10 heteroatoms. The third kappa shape index (κ3) is 5.55. The Morgan fingerprint density at radius 1 is 0.667 bits per heavy atom. The molecule has 3 aromatic carbocycles. The number of imide groups is 2. The average Bonchev–Trinajstić information content (AvgIpc) is 3.00. The summed E-state index contributed by atoms with van der Waals surface area (Å²) in [7, 11) is 0. The zero-order valence-corrected chi connectivity index (χ0v) is 34.4. The minimum atomic E-state index is -0.566. The van der Waals surface area contributed by atoms with E-state index in [9.17, 15) is 19.2 Å². The molecule has 4 amide bonds. The van der Waals surface area contributed by atoms with E-state index in [0.29, 0.717) is 29.3 Å². The molecular weight excluding hydrogens is 868 g/mol. The predicted octanol–water partition coefficient (Wildman–Crippen LogP) is 11.8. The van der Waals surface area contributed by atoms with Crippen molar-refractivity contribution in [2.45, 2.75) is 67.2 Å². The Balaban J connectivity index is 1.90. The van der Waals surface area contributed by atoms with Crippen LogP contribution >= 0.6 is 63.7 Å². The van der Waals surface area contributed by atoms with Crippen LogP contribution in [-0.2, 0) is 0 Å². The molecule has 0 N–H and O–H groups in total. The maximum atomic E-state index is 14.8. The monoisotopic (exact) mass is 900 g/mol. The van der Waals surface area contributed by atoms with Gasteiger partial charge in [-0.05, 0) is 104 Å². The number of anilines is 1. The number of benzene rings is 3. The smallest absolute Gasteiger partial charge is 0.267 e. The number of amides is 4. The Bertz CT molecular complexity index is 1930. The fourth-order valence-electron chi connectivity index (χ4n) is 6.57. The van der Waals surface area contributed by atoms with Gasteiger partial charge in [0.15, 0.2) is 0 Å². The lowest BCUT2D eigenvalue weighted by molar-refractivity contribution is 0.0660. The molecule has 0 aromatic heterocycles. The van der Waals surface area contributed by atoms with Crippen molar-refractivity contribution < 1.29 is 19.2 Å². The van der Waals surface area contributed by atoms with Crippen LogP contribution in [-0.4, -0.2) is 28.5 Å². The maximum absolute atomic E-state index is 14.8. The minimum Gasteiger partial charge on any atom is -0.268 e. The zero-order valence-electron chi connectivity index (χ0n) is 28.0. The Kier molecular flexibility index (Phi) is 10.4. The molecule has 0 saturated carbocycles. The minimum absolute atomic E-state index is 0.000329. The average molecular weight is 904 g/mol. The molecule has 48 heavy (non-hydrogen) atoms. The first-order valence-corrected chi connectivity index (χ1v) is 19.0. The van der Waals surface area contributed by atoms with Crippen LogP contribution in [0.2, 0.25) is 0 Å². The fourth-order valence-corrected chi connectivity index (χ4v) is 8.84. The van der Waals surface area contributed by atoms with E-state index in [1.165, 1.54) is 9.80 Å². The van der Waals surface area contributed by atoms with Gasteiger partial charge < -0.3 is 0 Å². The quantitative estimate of drug-likeness (QED) is 0.167. The van der Waals surface area contributed by atoms with Crippen molar-refractivity contribution in [2.24, 2.45) is 11.8 Å². The van der Waals surface area contributed by atoms with E-state index in [0.717, 1.165) is 16.7 Å². The lowest BCUT2D eigenvalue weighted by atomic mass is 9.84. The molecule has 2 aliphatic rings. The van der Waals surface area contributed by atoms with Gasteiger partial charge in [-0.15, -0.1) is 0 Å². The third-order valence-corrected chi connectivity index (χ3v) is 12.9. The van der Waals surface area contributed by atoms with E-state index in [-0.39, 0.29) is 56.7 Å². The molecule has 3 aromatic rings. The topological polar surface area (TPSA) is 74.8 Å². The van der Waals surface area contributed by atoms with Crippen molar-refractivity contribution in [3.63, 3.8) is 0 Å². The highest BCUT2D eigenvalue weighted by Gasteiger charge is 2.47. The molecule has 2 aliphatic heterocycles. The molecule has 2 heterocycles. The van der Waals surface area contributed by atoms with E-state index < -0.39 is 23.6 Å². The van der Waals surface area contributed by atoms with Gasteiger partial charge in [-0.25, -0.2) is 9.80 Å². The fraction of sp³-hybridized carbons (Fsp3) is 0.316. The number of hydrogen-bond acceptors (Lipinski definition) is 4. The number of carbonyl (C=O) groups is 4. The first kappa shape index (κ1) is 36.6. The largest absolute Gasteiger partial charge is 0.268 e. The van der Waals surface area contributed by atoms with Crippen LogP contribution in [0.5, 0.6) is 0 Å². The van der Waals surface area contributed by atoms with Crippen molar-refractivity contribution in [1.82, 2.24) is 4.90 Å². The Morgan fingerprint density at radius 2 is 1.06 bits per heavy atom. The van der Waals surface area contributed by atoms with Gasteiger partial charge >= 0.3 is 0 Å². The highest BCUT2D eigenvalue weighted by molar-refractivity contribution is 9.13. The van der Waals surface area contributed by atoms with Gasteiger partial charge in [0.05, 0.1) is 33.6 Å². The summed E-state index contributed by atoms with van der Waals surface area (Å²) in [5.41, 5.74) is 4.26. The highest BCUT2D eigenvalue weighted by Crippen LogP contribution is 2.52. The van der Waals surface area contributed by atoms with Crippen molar-refractivity contribution >= 4 is 104 Å². The summed E-state index contributed by atoms with van der Waals surface area (Å²) in [6.07, 6.45) is 5.36. The second-order valence-electron chi connectivity index (χ2n) is 13.3. The molecule has 5 rings (SSSR count). The molecule has 6 nitrogen and oxygen atoms in total. The van der Waals surface area contributed by atoms with Gasteiger partial charge in [-0.3, -0.25) is 19.2 Å². The number of allylic oxidation sites excluding steroid dienone is 4. The molecule has 0 fully saturated rings. The highest BCUT2D eigenvalue weighted by atomic mass is 79.9. The van der Waals surface area contributed by atoms with Crippen molar-refractivity contribution in [2.75, 3.05) is 4.90 Å². The van der Waals surface area contributed by atoms with E-state index in [4.69, 9.17) is 0 Å². The van der Waals surface area contributed by atoms with Gasteiger partial charge in [-0.1, -0.05) is 98.4 Å². The predicted molar refractivity (Wildman–Crippen MR) is 207 cm³/mol. The SMILES string of the molecule is C=C/C=C(\C(=C\C(C)C)N1C(=O)c2c(Br)c(Br)c3c4c(c(Br)c(Br)c(c24)C1=O)C(=O)N(c1c(C(C)C)cccc1C(C)C)C3=O)C(C)C. The van der Waals surface area contributed by atoms with E-state index in [1.807, 2.05) is 85.7 Å². The first-order chi connectivity index (χ1) is 22.5. The lowest BCUT2D eigenvalue weighted by Gasteiger charge is -2.37. The van der Waals surface area contributed by atoms with Gasteiger partial charge in [0.25, 0.3) is 23.6 Å². The number of para-hydroxylation sites is 1. The number of halogens is 4. The molecule has 0 aliphatic carbocycles. The molecule has 0 unspecified atom stereocenters. The molecule has 0 atom stereocenters. The molecule has 0 saturated heterocycles. The molecule has 0 bridgehead atoms. The standard InChI is InChI=1S/C38H36Br4N2O4/c1-10-12-20(17(4)5)23(15-16(2)3)43-35(45)26-24-25-28(32(41)30(26)39)37(47)44(34-21(18(6)7)13-11-14-22(34)19(8)9)38(48)29(25)33(42)31(40)27(24)36(43)46/h10-19H,1H2,2-9H3/b20-12-,23-15-. The van der Waals surface area contributed by atoms with Crippen molar-refractivity contribution in [3.8, 4) is 0 Å². The van der Waals surface area contributed by atoms with Crippen LogP contribution in [0.25, 0.3) is 10.8 Å². The maximum Gasteiger partial charge on any atom is 0.267 e. The van der Waals surface area contributed by atoms with E-state index in [1.54, 1.807) is 6.08 Å². The van der Waals surface area contributed by atoms with Crippen LogP contribution in [0.4, 0.5) is 5.69 Å². The lowest BCUT2D eigenvalue weighted by Crippen LogP contribution is -2.45. The van der Waals surface area contributed by atoms with Gasteiger partial charge in [-0.2, -0.15) is 0 Å². The van der Waals surface area contributed by atoms with Gasteiger partial charge in [0.2, 0.25) is 0 Å². The summed E-state index contributed by atoms with van der Waals surface area (Å²) >= 11 is 14.6. The van der Waals surface area contributed by atoms with Crippen LogP contribution in [0.1, 0.15) is 120 Å². The van der Waals surface area contributed by atoms with Crippen molar-refractivity contribution in [3.05, 3.63) is 106 Å². The van der Waals surface area contributed by atoms with E-state index >= 15 is 0 Å². The van der Waals surface area contributed by atoms with Gasteiger partial charge in [0, 0.05) is 28.7 Å². The van der Waals surface area contributed by atoms with Crippen molar-refractivity contribution in [1.29, 1.82) is 0 Å².